The second-order valence-corrected chi connectivity index (χ2v) is 1.59. The number of carbonyl (C=O) groups excluding carboxylic acids is 1. The molecule has 46 valence electrons. The third-order valence-corrected chi connectivity index (χ3v) is 1.01. The highest BCUT2D eigenvalue weighted by Gasteiger charge is 2.09. The number of carbonyl (C=O) groups is 1. The summed E-state index contributed by atoms with van der Waals surface area (Å²) in [6, 6.07) is -0.705. The Hall–Kier alpha value is -0.220. The monoisotopic (exact) mass is 133 g/mol. The third kappa shape index (κ3) is 2.18. The van der Waals surface area contributed by atoms with Crippen molar-refractivity contribution in [2.45, 2.75) is 6.04 Å². The van der Waals surface area contributed by atoms with Crippen LogP contribution in [0, 0.1) is 7.11 Å². The van der Waals surface area contributed by atoms with Crippen LogP contribution in [0.2, 0.25) is 0 Å². The van der Waals surface area contributed by atoms with Crippen molar-refractivity contribution in [1.82, 2.24) is 0 Å². The summed E-state index contributed by atoms with van der Waals surface area (Å²) in [4.78, 5) is 10.2. The fourth-order valence-corrected chi connectivity index (χ4v) is 0.311. The van der Waals surface area contributed by atoms with E-state index >= 15 is 0 Å². The van der Waals surface area contributed by atoms with E-state index in [2.05, 4.69) is 24.5 Å². The summed E-state index contributed by atoms with van der Waals surface area (Å²) in [5.74, 6) is -0.393. The molecule has 4 heteroatoms. The van der Waals surface area contributed by atoms with Crippen LogP contribution in [0.1, 0.15) is 0 Å². The van der Waals surface area contributed by atoms with E-state index < -0.39 is 12.0 Å². The molecule has 8 heavy (non-hydrogen) atoms. The Morgan fingerprint density at radius 3 is 2.62 bits per heavy atom. The van der Waals surface area contributed by atoms with Crippen molar-refractivity contribution in [3.8, 4) is 0 Å². The first kappa shape index (κ1) is 7.78. The highest BCUT2D eigenvalue weighted by Crippen LogP contribution is 1.85. The third-order valence-electron chi connectivity index (χ3n) is 0.616. The standard InChI is InChI=1S/C4H7NO2S/c1-7-4(6)3(5)2-8/h1,3,8H,2,5H2/t3-/m0/s1. The summed E-state index contributed by atoms with van der Waals surface area (Å²) in [6.07, 6.45) is 0. The van der Waals surface area contributed by atoms with Gasteiger partial charge in [0.25, 0.3) is 0 Å². The molecule has 0 rings (SSSR count). The molecule has 0 aliphatic rings. The van der Waals surface area contributed by atoms with Gasteiger partial charge >= 0.3 is 5.97 Å². The number of rotatable bonds is 2. The van der Waals surface area contributed by atoms with Crippen molar-refractivity contribution >= 4 is 18.6 Å². The van der Waals surface area contributed by atoms with E-state index in [1.807, 2.05) is 0 Å². The predicted octanol–water partition coefficient (Wildman–Crippen LogP) is -0.545. The summed E-state index contributed by atoms with van der Waals surface area (Å²) in [7, 11) is 4.49. The lowest BCUT2D eigenvalue weighted by Crippen LogP contribution is -2.32. The number of ether oxygens (including phenoxy) is 1. The van der Waals surface area contributed by atoms with E-state index in [4.69, 9.17) is 5.73 Å². The summed E-state index contributed by atoms with van der Waals surface area (Å²) >= 11 is 3.73. The summed E-state index contributed by atoms with van der Waals surface area (Å²) in [5, 5.41) is 0. The lowest BCUT2D eigenvalue weighted by molar-refractivity contribution is -0.139. The zero-order chi connectivity index (χ0) is 6.57. The quantitative estimate of drug-likeness (QED) is 0.393. The average molecular weight is 133 g/mol. The van der Waals surface area contributed by atoms with Crippen LogP contribution in [-0.2, 0) is 9.53 Å². The van der Waals surface area contributed by atoms with Gasteiger partial charge in [-0.2, -0.15) is 12.6 Å². The average Bonchev–Trinajstić information content (AvgIpc) is 1.84. The van der Waals surface area contributed by atoms with Crippen LogP contribution in [-0.4, -0.2) is 17.8 Å². The SMILES string of the molecule is [CH]OC(=O)[C@@H](N)CS. The van der Waals surface area contributed by atoms with Crippen LogP contribution in [0.4, 0.5) is 0 Å². The minimum atomic E-state index is -0.705. The Morgan fingerprint density at radius 2 is 2.50 bits per heavy atom. The van der Waals surface area contributed by atoms with Gasteiger partial charge < -0.3 is 10.5 Å². The highest BCUT2D eigenvalue weighted by molar-refractivity contribution is 7.80. The predicted molar refractivity (Wildman–Crippen MR) is 32.2 cm³/mol. The van der Waals surface area contributed by atoms with E-state index in [-0.39, 0.29) is 5.75 Å². The maximum absolute atomic E-state index is 10.2. The van der Waals surface area contributed by atoms with Crippen molar-refractivity contribution in [3.05, 3.63) is 7.11 Å². The lowest BCUT2D eigenvalue weighted by atomic mass is 10.4. The first-order valence-corrected chi connectivity index (χ1v) is 2.62. The van der Waals surface area contributed by atoms with Gasteiger partial charge in [-0.1, -0.05) is 0 Å². The maximum Gasteiger partial charge on any atom is 0.324 e. The normalized spacial score (nSPS) is 12.9. The number of nitrogens with two attached hydrogens (primary N) is 1. The van der Waals surface area contributed by atoms with Crippen molar-refractivity contribution in [1.29, 1.82) is 0 Å². The van der Waals surface area contributed by atoms with Gasteiger partial charge in [-0.25, -0.2) is 0 Å². The van der Waals surface area contributed by atoms with E-state index in [0.717, 1.165) is 0 Å². The molecule has 0 bridgehead atoms. The Labute approximate surface area is 53.6 Å². The van der Waals surface area contributed by atoms with Gasteiger partial charge in [0.1, 0.15) is 6.04 Å². The van der Waals surface area contributed by atoms with Crippen molar-refractivity contribution in [3.63, 3.8) is 0 Å². The molecule has 0 aliphatic heterocycles. The molecule has 2 N–H and O–H groups in total. The molecular weight excluding hydrogens is 126 g/mol. The zero-order valence-corrected chi connectivity index (χ0v) is 5.10. The van der Waals surface area contributed by atoms with E-state index in [0.29, 0.717) is 0 Å². The van der Waals surface area contributed by atoms with Crippen LogP contribution in [0.5, 0.6) is 0 Å². The Kier molecular flexibility index (Phi) is 3.64. The van der Waals surface area contributed by atoms with Gasteiger partial charge in [-0.15, -0.1) is 0 Å². The topological polar surface area (TPSA) is 52.3 Å². The minimum absolute atomic E-state index is 0.246. The van der Waals surface area contributed by atoms with Gasteiger partial charge in [0.05, 0.1) is 0 Å². The number of hydrogen-bond acceptors (Lipinski definition) is 4. The molecule has 1 atom stereocenters. The highest BCUT2D eigenvalue weighted by atomic mass is 32.1. The molecule has 0 heterocycles. The fraction of sp³-hybridized carbons (Fsp3) is 0.500. The smallest absolute Gasteiger partial charge is 0.324 e. The van der Waals surface area contributed by atoms with Crippen molar-refractivity contribution < 1.29 is 9.53 Å². The van der Waals surface area contributed by atoms with Crippen LogP contribution in [0.15, 0.2) is 0 Å². The zero-order valence-electron chi connectivity index (χ0n) is 4.20. The molecule has 0 unspecified atom stereocenters. The largest absolute Gasteiger partial charge is 0.453 e. The lowest BCUT2D eigenvalue weighted by Gasteiger charge is -2.01. The maximum atomic E-state index is 10.2. The van der Waals surface area contributed by atoms with E-state index in [1.54, 1.807) is 0 Å². The van der Waals surface area contributed by atoms with Gasteiger partial charge in [-0.3, -0.25) is 4.79 Å². The molecule has 0 spiro atoms. The molecule has 0 aromatic heterocycles. The van der Waals surface area contributed by atoms with Crippen molar-refractivity contribution in [2.75, 3.05) is 5.75 Å². The van der Waals surface area contributed by atoms with Crippen LogP contribution in [0.3, 0.4) is 0 Å². The molecule has 0 saturated heterocycles. The number of thiol groups is 1. The first-order chi connectivity index (χ1) is 3.72. The van der Waals surface area contributed by atoms with Gasteiger partial charge in [0, 0.05) is 5.75 Å². The molecule has 0 aliphatic carbocycles. The van der Waals surface area contributed by atoms with E-state index in [9.17, 15) is 4.79 Å². The Bertz CT molecular complexity index is 86.1. The summed E-state index contributed by atoms with van der Waals surface area (Å²) < 4.78 is 3.79. The van der Waals surface area contributed by atoms with Crippen molar-refractivity contribution in [2.24, 2.45) is 5.73 Å². The number of esters is 1. The second kappa shape index (κ2) is 3.74. The Balaban J connectivity index is 3.46. The molecule has 2 radical (unpaired) electrons. The molecule has 3 nitrogen and oxygen atoms in total. The van der Waals surface area contributed by atoms with Gasteiger partial charge in [-0.05, 0) is 0 Å². The summed E-state index contributed by atoms with van der Waals surface area (Å²) in [6.45, 7) is 0. The minimum Gasteiger partial charge on any atom is -0.453 e. The van der Waals surface area contributed by atoms with Gasteiger partial charge in [0.2, 0.25) is 0 Å². The first-order valence-electron chi connectivity index (χ1n) is 1.99. The Morgan fingerprint density at radius 1 is 2.00 bits per heavy atom. The van der Waals surface area contributed by atoms with Crippen LogP contribution in [0.25, 0.3) is 0 Å². The van der Waals surface area contributed by atoms with E-state index in [1.165, 1.54) is 0 Å². The molecule has 0 saturated carbocycles. The van der Waals surface area contributed by atoms with Crippen LogP contribution < -0.4 is 5.73 Å². The second-order valence-electron chi connectivity index (χ2n) is 1.23. The molecule has 0 amide bonds. The summed E-state index contributed by atoms with van der Waals surface area (Å²) in [5.41, 5.74) is 5.10. The van der Waals surface area contributed by atoms with Crippen LogP contribution >= 0.6 is 12.6 Å². The number of hydrogen-bond donors (Lipinski definition) is 2. The van der Waals surface area contributed by atoms with Gasteiger partial charge in [0.15, 0.2) is 7.11 Å². The fourth-order valence-electron chi connectivity index (χ4n) is 0.162. The molecule has 0 fully saturated rings. The molecule has 0 aromatic rings. The molecular formula is C4H7NO2S. The molecule has 0 aromatic carbocycles.